The molecule has 0 amide bonds. The largest absolute Gasteiger partial charge is 0.390 e. The maximum Gasteiger partial charge on any atom is 0.126 e. The van der Waals surface area contributed by atoms with Crippen molar-refractivity contribution in [3.05, 3.63) is 41.3 Å². The molecule has 0 aliphatic heterocycles. The minimum absolute atomic E-state index is 0.0959. The standard InChI is InChI=1S/C11H11FN2O/c1-7-2-3-8(4-10(7)12)11-5-9(6-15)13-14-11/h2-5,15H,6H2,1H3,(H,13,14). The van der Waals surface area contributed by atoms with E-state index in [0.717, 1.165) is 0 Å². The van der Waals surface area contributed by atoms with Crippen molar-refractivity contribution >= 4 is 0 Å². The first-order valence-corrected chi connectivity index (χ1v) is 4.62. The number of hydrogen-bond acceptors (Lipinski definition) is 2. The molecule has 2 N–H and O–H groups in total. The van der Waals surface area contributed by atoms with Crippen LogP contribution < -0.4 is 0 Å². The van der Waals surface area contributed by atoms with Gasteiger partial charge in [-0.25, -0.2) is 4.39 Å². The van der Waals surface area contributed by atoms with Gasteiger partial charge < -0.3 is 5.11 Å². The van der Waals surface area contributed by atoms with E-state index in [-0.39, 0.29) is 12.4 Å². The van der Waals surface area contributed by atoms with Gasteiger partial charge in [-0.2, -0.15) is 5.10 Å². The van der Waals surface area contributed by atoms with E-state index < -0.39 is 0 Å². The summed E-state index contributed by atoms with van der Waals surface area (Å²) >= 11 is 0. The van der Waals surface area contributed by atoms with E-state index in [2.05, 4.69) is 10.2 Å². The highest BCUT2D eigenvalue weighted by Gasteiger charge is 2.05. The number of rotatable bonds is 2. The number of hydrogen-bond donors (Lipinski definition) is 2. The van der Waals surface area contributed by atoms with Gasteiger partial charge in [0.25, 0.3) is 0 Å². The molecule has 0 saturated heterocycles. The van der Waals surface area contributed by atoms with Crippen molar-refractivity contribution in [3.8, 4) is 11.3 Å². The van der Waals surface area contributed by atoms with Crippen molar-refractivity contribution in [3.63, 3.8) is 0 Å². The summed E-state index contributed by atoms with van der Waals surface area (Å²) in [6.45, 7) is 1.62. The molecule has 1 heterocycles. The van der Waals surface area contributed by atoms with Crippen molar-refractivity contribution in [1.29, 1.82) is 0 Å². The number of nitrogens with one attached hydrogen (secondary N) is 1. The summed E-state index contributed by atoms with van der Waals surface area (Å²) in [6.07, 6.45) is 0. The third kappa shape index (κ3) is 1.89. The van der Waals surface area contributed by atoms with Gasteiger partial charge >= 0.3 is 0 Å². The van der Waals surface area contributed by atoms with E-state index in [1.165, 1.54) is 6.07 Å². The summed E-state index contributed by atoms with van der Waals surface area (Å²) in [5.74, 6) is -0.249. The van der Waals surface area contributed by atoms with Crippen molar-refractivity contribution in [2.75, 3.05) is 0 Å². The highest BCUT2D eigenvalue weighted by molar-refractivity contribution is 5.59. The van der Waals surface area contributed by atoms with Crippen LogP contribution in [0.25, 0.3) is 11.3 Å². The summed E-state index contributed by atoms with van der Waals surface area (Å²) in [6, 6.07) is 6.64. The molecular formula is C11H11FN2O. The summed E-state index contributed by atoms with van der Waals surface area (Å²) < 4.78 is 13.3. The fourth-order valence-corrected chi connectivity index (χ4v) is 1.34. The van der Waals surface area contributed by atoms with E-state index in [4.69, 9.17) is 5.11 Å². The molecule has 2 aromatic rings. The first-order valence-electron chi connectivity index (χ1n) is 4.62. The van der Waals surface area contributed by atoms with Crippen LogP contribution in [0.5, 0.6) is 0 Å². The summed E-state index contributed by atoms with van der Waals surface area (Å²) in [7, 11) is 0. The number of aromatic amines is 1. The first-order chi connectivity index (χ1) is 7.20. The third-order valence-corrected chi connectivity index (χ3v) is 2.27. The lowest BCUT2D eigenvalue weighted by atomic mass is 10.1. The third-order valence-electron chi connectivity index (χ3n) is 2.27. The molecule has 3 nitrogen and oxygen atoms in total. The highest BCUT2D eigenvalue weighted by Crippen LogP contribution is 2.20. The van der Waals surface area contributed by atoms with Crippen molar-refractivity contribution in [1.82, 2.24) is 10.2 Å². The maximum absolute atomic E-state index is 13.3. The lowest BCUT2D eigenvalue weighted by Gasteiger charge is -1.99. The molecular weight excluding hydrogens is 195 g/mol. The Labute approximate surface area is 86.6 Å². The number of nitrogens with zero attached hydrogens (tertiary/aromatic N) is 1. The van der Waals surface area contributed by atoms with Gasteiger partial charge in [0.2, 0.25) is 0 Å². The quantitative estimate of drug-likeness (QED) is 0.789. The fraction of sp³-hybridized carbons (Fsp3) is 0.182. The Hall–Kier alpha value is -1.68. The topological polar surface area (TPSA) is 48.9 Å². The van der Waals surface area contributed by atoms with Gasteiger partial charge in [-0.3, -0.25) is 5.10 Å². The predicted molar refractivity (Wildman–Crippen MR) is 54.6 cm³/mol. The van der Waals surface area contributed by atoms with Crippen LogP contribution in [0.2, 0.25) is 0 Å². The number of aliphatic hydroxyl groups excluding tert-OH is 1. The Morgan fingerprint density at radius 2 is 2.20 bits per heavy atom. The monoisotopic (exact) mass is 206 g/mol. The Bertz CT molecular complexity index is 479. The van der Waals surface area contributed by atoms with E-state index in [1.54, 1.807) is 25.1 Å². The summed E-state index contributed by atoms with van der Waals surface area (Å²) in [5.41, 5.74) is 2.56. The minimum Gasteiger partial charge on any atom is -0.390 e. The highest BCUT2D eigenvalue weighted by atomic mass is 19.1. The molecule has 0 atom stereocenters. The van der Waals surface area contributed by atoms with E-state index in [0.29, 0.717) is 22.5 Å². The number of aromatic nitrogens is 2. The zero-order chi connectivity index (χ0) is 10.8. The lowest BCUT2D eigenvalue weighted by molar-refractivity contribution is 0.276. The molecule has 0 fully saturated rings. The first kappa shape index (κ1) is 9.86. The predicted octanol–water partition coefficient (Wildman–Crippen LogP) is 2.02. The maximum atomic E-state index is 13.3. The van der Waals surface area contributed by atoms with Gasteiger partial charge in [0.1, 0.15) is 5.82 Å². The molecule has 4 heteroatoms. The van der Waals surface area contributed by atoms with Crippen LogP contribution in [-0.4, -0.2) is 15.3 Å². The molecule has 0 unspecified atom stereocenters. The minimum atomic E-state index is -0.249. The second kappa shape index (κ2) is 3.82. The molecule has 15 heavy (non-hydrogen) atoms. The molecule has 1 aromatic heterocycles. The van der Waals surface area contributed by atoms with Crippen LogP contribution in [-0.2, 0) is 6.61 Å². The molecule has 1 aromatic carbocycles. The average molecular weight is 206 g/mol. The number of aliphatic hydroxyl groups is 1. The van der Waals surface area contributed by atoms with Gasteiger partial charge in [-0.05, 0) is 24.6 Å². The molecule has 78 valence electrons. The van der Waals surface area contributed by atoms with Crippen LogP contribution in [0.15, 0.2) is 24.3 Å². The zero-order valence-corrected chi connectivity index (χ0v) is 8.29. The molecule has 0 radical (unpaired) electrons. The van der Waals surface area contributed by atoms with Crippen molar-refractivity contribution < 1.29 is 9.50 Å². The van der Waals surface area contributed by atoms with Crippen molar-refractivity contribution in [2.45, 2.75) is 13.5 Å². The number of halogens is 1. The van der Waals surface area contributed by atoms with E-state index in [9.17, 15) is 4.39 Å². The zero-order valence-electron chi connectivity index (χ0n) is 8.29. The van der Waals surface area contributed by atoms with Crippen LogP contribution in [0.1, 0.15) is 11.3 Å². The molecule has 0 spiro atoms. The van der Waals surface area contributed by atoms with E-state index >= 15 is 0 Å². The smallest absolute Gasteiger partial charge is 0.126 e. The molecule has 0 aliphatic rings. The van der Waals surface area contributed by atoms with Crippen LogP contribution in [0.3, 0.4) is 0 Å². The summed E-state index contributed by atoms with van der Waals surface area (Å²) in [5, 5.41) is 15.5. The second-order valence-corrected chi connectivity index (χ2v) is 3.40. The Balaban J connectivity index is 2.40. The van der Waals surface area contributed by atoms with Crippen LogP contribution in [0, 0.1) is 12.7 Å². The Morgan fingerprint density at radius 1 is 1.40 bits per heavy atom. The van der Waals surface area contributed by atoms with Gasteiger partial charge in [-0.1, -0.05) is 12.1 Å². The Morgan fingerprint density at radius 3 is 2.80 bits per heavy atom. The van der Waals surface area contributed by atoms with Crippen LogP contribution in [0.4, 0.5) is 4.39 Å². The SMILES string of the molecule is Cc1ccc(-c2cc(CO)[nH]n2)cc1F. The molecule has 0 aliphatic carbocycles. The molecule has 0 saturated carbocycles. The number of benzene rings is 1. The number of H-pyrrole nitrogens is 1. The Kier molecular flexibility index (Phi) is 2.51. The number of aryl methyl sites for hydroxylation is 1. The van der Waals surface area contributed by atoms with Crippen molar-refractivity contribution in [2.24, 2.45) is 0 Å². The van der Waals surface area contributed by atoms with Gasteiger partial charge in [0, 0.05) is 5.56 Å². The normalized spacial score (nSPS) is 10.6. The second-order valence-electron chi connectivity index (χ2n) is 3.40. The van der Waals surface area contributed by atoms with Gasteiger partial charge in [0.15, 0.2) is 0 Å². The van der Waals surface area contributed by atoms with E-state index in [1.807, 2.05) is 0 Å². The molecule has 0 bridgehead atoms. The molecule has 2 rings (SSSR count). The fourth-order valence-electron chi connectivity index (χ4n) is 1.34. The van der Waals surface area contributed by atoms with Gasteiger partial charge in [0.05, 0.1) is 18.0 Å². The van der Waals surface area contributed by atoms with Gasteiger partial charge in [-0.15, -0.1) is 0 Å². The lowest BCUT2D eigenvalue weighted by Crippen LogP contribution is -1.84. The average Bonchev–Trinajstić information content (AvgIpc) is 2.70. The summed E-state index contributed by atoms with van der Waals surface area (Å²) in [4.78, 5) is 0. The van der Waals surface area contributed by atoms with Crippen LogP contribution >= 0.6 is 0 Å².